The number of halogens is 1. The number of carbonyl (C=O) groups excluding carboxylic acids is 1. The maximum atomic E-state index is 12.2. The average Bonchev–Trinajstić information content (AvgIpc) is 3.06. The topological polar surface area (TPSA) is 72.2 Å². The van der Waals surface area contributed by atoms with Crippen LogP contribution >= 0.6 is 23.4 Å². The lowest BCUT2D eigenvalue weighted by Gasteiger charge is -2.07. The first kappa shape index (κ1) is 17.8. The number of fused-ring (bicyclic) bond motifs is 3. The molecule has 27 heavy (non-hydrogen) atoms. The molecule has 0 radical (unpaired) electrons. The fraction of sp³-hybridized carbons (Fsp3) is 0.158. The summed E-state index contributed by atoms with van der Waals surface area (Å²) >= 11 is 7.30. The molecule has 2 aromatic heterocycles. The van der Waals surface area contributed by atoms with E-state index in [9.17, 15) is 4.79 Å². The van der Waals surface area contributed by atoms with Crippen LogP contribution < -0.4 is 5.32 Å². The number of aryl methyl sites for hydroxylation is 1. The van der Waals surface area contributed by atoms with E-state index in [-0.39, 0.29) is 11.7 Å². The molecule has 1 N–H and O–H groups in total. The Kier molecular flexibility index (Phi) is 4.96. The van der Waals surface area contributed by atoms with Gasteiger partial charge in [0.25, 0.3) is 0 Å². The number of hydrogen-bond acceptors (Lipinski definition) is 5. The van der Waals surface area contributed by atoms with Gasteiger partial charge in [-0.25, -0.2) is 9.97 Å². The second kappa shape index (κ2) is 7.54. The highest BCUT2D eigenvalue weighted by molar-refractivity contribution is 7.99. The molecular weight excluding hydrogens is 382 g/mol. The zero-order valence-corrected chi connectivity index (χ0v) is 16.1. The molecule has 0 saturated carbocycles. The van der Waals surface area contributed by atoms with Crippen molar-refractivity contribution in [3.05, 3.63) is 64.9 Å². The van der Waals surface area contributed by atoms with Gasteiger partial charge in [-0.3, -0.25) is 4.79 Å². The lowest BCUT2D eigenvalue weighted by Crippen LogP contribution is -2.24. The minimum absolute atomic E-state index is 0.0834. The largest absolute Gasteiger partial charge is 0.351 e. The molecule has 0 fully saturated rings. The number of aromatic nitrogens is 4. The average molecular weight is 398 g/mol. The first-order valence-electron chi connectivity index (χ1n) is 8.36. The SMILES string of the molecule is Cc1nc2c3ccccc3nc(SCC(=O)NCc3cccc(Cl)c3)n2n1. The number of hydrogen-bond donors (Lipinski definition) is 1. The zero-order chi connectivity index (χ0) is 18.8. The summed E-state index contributed by atoms with van der Waals surface area (Å²) in [4.78, 5) is 21.4. The number of nitrogens with one attached hydrogen (secondary N) is 1. The van der Waals surface area contributed by atoms with Crippen LogP contribution in [0.15, 0.2) is 53.7 Å². The maximum Gasteiger partial charge on any atom is 0.230 e. The number of rotatable bonds is 5. The summed E-state index contributed by atoms with van der Waals surface area (Å²) in [5.41, 5.74) is 2.54. The molecule has 2 heterocycles. The van der Waals surface area contributed by atoms with Crippen LogP contribution in [0.3, 0.4) is 0 Å². The van der Waals surface area contributed by atoms with Gasteiger partial charge in [0, 0.05) is 17.0 Å². The van der Waals surface area contributed by atoms with Gasteiger partial charge < -0.3 is 5.32 Å². The third-order valence-electron chi connectivity index (χ3n) is 3.97. The molecule has 136 valence electrons. The van der Waals surface area contributed by atoms with Crippen molar-refractivity contribution in [1.29, 1.82) is 0 Å². The molecule has 0 aliphatic heterocycles. The Balaban J connectivity index is 1.50. The minimum Gasteiger partial charge on any atom is -0.351 e. The van der Waals surface area contributed by atoms with E-state index in [0.29, 0.717) is 22.5 Å². The van der Waals surface area contributed by atoms with Crippen LogP contribution in [0.2, 0.25) is 5.02 Å². The zero-order valence-electron chi connectivity index (χ0n) is 14.5. The van der Waals surface area contributed by atoms with E-state index in [1.54, 1.807) is 10.6 Å². The number of carbonyl (C=O) groups is 1. The number of para-hydroxylation sites is 1. The Bertz CT molecular complexity index is 1140. The standard InChI is InChI=1S/C19H16ClN5OS/c1-12-22-18-15-7-2-3-8-16(15)23-19(25(18)24-12)27-11-17(26)21-10-13-5-4-6-14(20)9-13/h2-9H,10-11H2,1H3,(H,21,26). The molecule has 2 aromatic carbocycles. The van der Waals surface area contributed by atoms with Gasteiger partial charge >= 0.3 is 0 Å². The molecule has 0 bridgehead atoms. The molecule has 4 rings (SSSR count). The van der Waals surface area contributed by atoms with Crippen molar-refractivity contribution in [2.24, 2.45) is 0 Å². The van der Waals surface area contributed by atoms with Gasteiger partial charge in [0.1, 0.15) is 5.82 Å². The van der Waals surface area contributed by atoms with Crippen LogP contribution in [0, 0.1) is 6.92 Å². The van der Waals surface area contributed by atoms with E-state index in [2.05, 4.69) is 20.4 Å². The highest BCUT2D eigenvalue weighted by Gasteiger charge is 2.13. The number of amides is 1. The van der Waals surface area contributed by atoms with Crippen molar-refractivity contribution in [2.45, 2.75) is 18.6 Å². The van der Waals surface area contributed by atoms with Crippen LogP contribution in [-0.4, -0.2) is 31.2 Å². The van der Waals surface area contributed by atoms with Crippen molar-refractivity contribution in [3.63, 3.8) is 0 Å². The molecular formula is C19H16ClN5OS. The molecule has 0 atom stereocenters. The van der Waals surface area contributed by atoms with Gasteiger partial charge in [0.15, 0.2) is 10.8 Å². The Morgan fingerprint density at radius 2 is 2.04 bits per heavy atom. The van der Waals surface area contributed by atoms with Gasteiger partial charge in [0.2, 0.25) is 5.91 Å². The maximum absolute atomic E-state index is 12.2. The van der Waals surface area contributed by atoms with E-state index >= 15 is 0 Å². The quantitative estimate of drug-likeness (QED) is 0.411. The van der Waals surface area contributed by atoms with Crippen molar-refractivity contribution in [1.82, 2.24) is 24.9 Å². The van der Waals surface area contributed by atoms with Crippen LogP contribution in [0.25, 0.3) is 16.6 Å². The number of nitrogens with zero attached hydrogens (tertiary/aromatic N) is 4. The van der Waals surface area contributed by atoms with Crippen LogP contribution in [0.1, 0.15) is 11.4 Å². The molecule has 0 aliphatic rings. The molecule has 0 aliphatic carbocycles. The van der Waals surface area contributed by atoms with Gasteiger partial charge in [-0.05, 0) is 36.8 Å². The van der Waals surface area contributed by atoms with Crippen LogP contribution in [-0.2, 0) is 11.3 Å². The van der Waals surface area contributed by atoms with E-state index in [4.69, 9.17) is 11.6 Å². The minimum atomic E-state index is -0.0834. The molecule has 4 aromatic rings. The van der Waals surface area contributed by atoms with Crippen molar-refractivity contribution in [3.8, 4) is 0 Å². The van der Waals surface area contributed by atoms with Gasteiger partial charge in [0.05, 0.1) is 11.3 Å². The monoisotopic (exact) mass is 397 g/mol. The van der Waals surface area contributed by atoms with E-state index in [1.807, 2.05) is 49.4 Å². The van der Waals surface area contributed by atoms with E-state index in [1.165, 1.54) is 11.8 Å². The van der Waals surface area contributed by atoms with Gasteiger partial charge in [-0.2, -0.15) is 4.52 Å². The third-order valence-corrected chi connectivity index (χ3v) is 5.13. The predicted molar refractivity (Wildman–Crippen MR) is 107 cm³/mol. The Morgan fingerprint density at radius 3 is 2.89 bits per heavy atom. The third kappa shape index (κ3) is 3.89. The molecule has 0 unspecified atom stereocenters. The predicted octanol–water partition coefficient (Wildman–Crippen LogP) is 3.65. The number of thioether (sulfide) groups is 1. The van der Waals surface area contributed by atoms with Gasteiger partial charge in [-0.1, -0.05) is 47.6 Å². The molecule has 1 amide bonds. The van der Waals surface area contributed by atoms with E-state index in [0.717, 1.165) is 22.1 Å². The fourth-order valence-corrected chi connectivity index (χ4v) is 3.74. The first-order valence-corrected chi connectivity index (χ1v) is 9.72. The number of benzene rings is 2. The molecule has 0 spiro atoms. The Labute approximate surface area is 165 Å². The highest BCUT2D eigenvalue weighted by atomic mass is 35.5. The first-order chi connectivity index (χ1) is 13.1. The second-order valence-electron chi connectivity index (χ2n) is 6.00. The lowest BCUT2D eigenvalue weighted by atomic mass is 10.2. The molecule has 0 saturated heterocycles. The molecule has 6 nitrogen and oxygen atoms in total. The Hall–Kier alpha value is -2.64. The van der Waals surface area contributed by atoms with Crippen molar-refractivity contribution >= 4 is 45.8 Å². The summed E-state index contributed by atoms with van der Waals surface area (Å²) in [6, 6.07) is 15.2. The van der Waals surface area contributed by atoms with Crippen molar-refractivity contribution in [2.75, 3.05) is 5.75 Å². The van der Waals surface area contributed by atoms with Crippen LogP contribution in [0.4, 0.5) is 0 Å². The lowest BCUT2D eigenvalue weighted by molar-refractivity contribution is -0.118. The normalized spacial score (nSPS) is 11.2. The summed E-state index contributed by atoms with van der Waals surface area (Å²) in [5.74, 6) is 0.820. The summed E-state index contributed by atoms with van der Waals surface area (Å²) in [5, 5.41) is 9.55. The summed E-state index contributed by atoms with van der Waals surface area (Å²) < 4.78 is 1.70. The fourth-order valence-electron chi connectivity index (χ4n) is 2.76. The van der Waals surface area contributed by atoms with Gasteiger partial charge in [-0.15, -0.1) is 5.10 Å². The summed E-state index contributed by atoms with van der Waals surface area (Å²) in [6.07, 6.45) is 0. The smallest absolute Gasteiger partial charge is 0.230 e. The van der Waals surface area contributed by atoms with Crippen molar-refractivity contribution < 1.29 is 4.79 Å². The Morgan fingerprint density at radius 1 is 1.19 bits per heavy atom. The highest BCUT2D eigenvalue weighted by Crippen LogP contribution is 2.23. The second-order valence-corrected chi connectivity index (χ2v) is 7.38. The van der Waals surface area contributed by atoms with Crippen LogP contribution in [0.5, 0.6) is 0 Å². The summed E-state index contributed by atoms with van der Waals surface area (Å²) in [6.45, 7) is 2.27. The molecule has 8 heteroatoms. The summed E-state index contributed by atoms with van der Waals surface area (Å²) in [7, 11) is 0. The van der Waals surface area contributed by atoms with E-state index < -0.39 is 0 Å².